The van der Waals surface area contributed by atoms with Crippen LogP contribution in [0.4, 0.5) is 4.79 Å². The second-order valence-electron chi connectivity index (χ2n) is 4.71. The molecule has 2 amide bonds. The average molecular weight is 314 g/mol. The summed E-state index contributed by atoms with van der Waals surface area (Å²) in [5.41, 5.74) is 0. The van der Waals surface area contributed by atoms with Crippen LogP contribution in [-0.2, 0) is 4.79 Å². The Kier molecular flexibility index (Phi) is 5.31. The van der Waals surface area contributed by atoms with Crippen molar-refractivity contribution < 1.29 is 14.7 Å². The molecule has 2 unspecified atom stereocenters. The van der Waals surface area contributed by atoms with E-state index in [1.165, 1.54) is 0 Å². The lowest BCUT2D eigenvalue weighted by Crippen LogP contribution is -2.51. The summed E-state index contributed by atoms with van der Waals surface area (Å²) in [5.74, 6) is 0.686. The Bertz CT molecular complexity index is 464. The zero-order chi connectivity index (χ0) is 14.5. The van der Waals surface area contributed by atoms with Gasteiger partial charge >= 0.3 is 12.0 Å². The number of carboxylic acids is 1. The first-order valence-electron chi connectivity index (χ1n) is 6.48. The maximum Gasteiger partial charge on any atom is 0.318 e. The van der Waals surface area contributed by atoms with Crippen LogP contribution in [0.2, 0.25) is 0 Å². The fraction of sp³-hybridized carbons (Fsp3) is 0.538. The SMILES string of the molecule is CC(NC(=O)N1CCSCC1CC(=O)O)c1cccs1. The monoisotopic (exact) mass is 314 g/mol. The van der Waals surface area contributed by atoms with Crippen LogP contribution in [0.25, 0.3) is 0 Å². The van der Waals surface area contributed by atoms with Crippen molar-refractivity contribution in [2.45, 2.75) is 25.4 Å². The molecular weight excluding hydrogens is 296 g/mol. The maximum atomic E-state index is 12.3. The highest BCUT2D eigenvalue weighted by molar-refractivity contribution is 7.99. The second-order valence-corrected chi connectivity index (χ2v) is 6.84. The summed E-state index contributed by atoms with van der Waals surface area (Å²) in [6.45, 7) is 2.54. The highest BCUT2D eigenvalue weighted by Gasteiger charge is 2.29. The van der Waals surface area contributed by atoms with Crippen LogP contribution in [0.15, 0.2) is 17.5 Å². The van der Waals surface area contributed by atoms with E-state index in [1.54, 1.807) is 28.0 Å². The van der Waals surface area contributed by atoms with Crippen molar-refractivity contribution in [2.75, 3.05) is 18.1 Å². The van der Waals surface area contributed by atoms with Crippen LogP contribution in [0, 0.1) is 0 Å². The van der Waals surface area contributed by atoms with E-state index in [0.717, 1.165) is 10.6 Å². The summed E-state index contributed by atoms with van der Waals surface area (Å²) >= 11 is 3.30. The smallest absolute Gasteiger partial charge is 0.318 e. The molecule has 0 saturated carbocycles. The Morgan fingerprint density at radius 2 is 2.40 bits per heavy atom. The first kappa shape index (κ1) is 15.2. The number of hydrogen-bond donors (Lipinski definition) is 2. The van der Waals surface area contributed by atoms with Gasteiger partial charge in [0, 0.05) is 22.9 Å². The molecule has 1 aromatic rings. The van der Waals surface area contributed by atoms with Crippen LogP contribution in [-0.4, -0.2) is 46.1 Å². The molecule has 20 heavy (non-hydrogen) atoms. The summed E-state index contributed by atoms with van der Waals surface area (Å²) in [6, 6.07) is 3.49. The molecule has 0 bridgehead atoms. The predicted molar refractivity (Wildman–Crippen MR) is 81.3 cm³/mol. The van der Waals surface area contributed by atoms with Crippen molar-refractivity contribution in [3.63, 3.8) is 0 Å². The minimum Gasteiger partial charge on any atom is -0.481 e. The number of carboxylic acid groups (broad SMARTS) is 1. The minimum atomic E-state index is -0.860. The number of rotatable bonds is 4. The summed E-state index contributed by atoms with van der Waals surface area (Å²) in [4.78, 5) is 25.9. The van der Waals surface area contributed by atoms with Gasteiger partial charge in [-0.3, -0.25) is 4.79 Å². The highest BCUT2D eigenvalue weighted by Crippen LogP contribution is 2.22. The number of carbonyl (C=O) groups excluding carboxylic acids is 1. The van der Waals surface area contributed by atoms with Crippen molar-refractivity contribution in [2.24, 2.45) is 0 Å². The third kappa shape index (κ3) is 3.89. The molecule has 2 rings (SSSR count). The molecule has 0 radical (unpaired) electrons. The Morgan fingerprint density at radius 1 is 1.60 bits per heavy atom. The van der Waals surface area contributed by atoms with Gasteiger partial charge in [-0.25, -0.2) is 4.79 Å². The number of aliphatic carboxylic acids is 1. The van der Waals surface area contributed by atoms with Gasteiger partial charge in [-0.15, -0.1) is 11.3 Å². The largest absolute Gasteiger partial charge is 0.481 e. The lowest BCUT2D eigenvalue weighted by molar-refractivity contribution is -0.137. The number of thiophene rings is 1. The van der Waals surface area contributed by atoms with Gasteiger partial charge < -0.3 is 15.3 Å². The van der Waals surface area contributed by atoms with Crippen molar-refractivity contribution >= 4 is 35.1 Å². The van der Waals surface area contributed by atoms with Crippen LogP contribution in [0.5, 0.6) is 0 Å². The van der Waals surface area contributed by atoms with Gasteiger partial charge in [0.1, 0.15) is 0 Å². The van der Waals surface area contributed by atoms with Gasteiger partial charge in [0.15, 0.2) is 0 Å². The van der Waals surface area contributed by atoms with E-state index >= 15 is 0 Å². The second kappa shape index (κ2) is 6.99. The molecule has 0 spiro atoms. The van der Waals surface area contributed by atoms with Crippen molar-refractivity contribution in [3.05, 3.63) is 22.4 Å². The molecule has 2 heterocycles. The molecule has 1 saturated heterocycles. The quantitative estimate of drug-likeness (QED) is 0.895. The highest BCUT2D eigenvalue weighted by atomic mass is 32.2. The topological polar surface area (TPSA) is 69.6 Å². The predicted octanol–water partition coefficient (Wildman–Crippen LogP) is 2.41. The van der Waals surface area contributed by atoms with E-state index in [4.69, 9.17) is 5.11 Å². The first-order valence-corrected chi connectivity index (χ1v) is 8.51. The molecule has 5 nitrogen and oxygen atoms in total. The van der Waals surface area contributed by atoms with Gasteiger partial charge in [0.25, 0.3) is 0 Å². The number of urea groups is 1. The van der Waals surface area contributed by atoms with Gasteiger partial charge in [-0.2, -0.15) is 11.8 Å². The van der Waals surface area contributed by atoms with Crippen molar-refractivity contribution in [3.8, 4) is 0 Å². The Morgan fingerprint density at radius 3 is 3.05 bits per heavy atom. The normalized spacial score (nSPS) is 20.4. The number of nitrogens with one attached hydrogen (secondary N) is 1. The van der Waals surface area contributed by atoms with E-state index in [1.807, 2.05) is 24.4 Å². The zero-order valence-electron chi connectivity index (χ0n) is 11.2. The van der Waals surface area contributed by atoms with Gasteiger partial charge in [-0.1, -0.05) is 6.07 Å². The number of carbonyl (C=O) groups is 2. The molecule has 1 aromatic heterocycles. The Labute approximate surface area is 126 Å². The van der Waals surface area contributed by atoms with Gasteiger partial charge in [0.05, 0.1) is 18.5 Å². The number of amides is 2. The third-order valence-electron chi connectivity index (χ3n) is 3.21. The summed E-state index contributed by atoms with van der Waals surface area (Å²) in [6.07, 6.45) is 0.00774. The Balaban J connectivity index is 1.97. The van der Waals surface area contributed by atoms with E-state index < -0.39 is 5.97 Å². The number of nitrogens with zero attached hydrogens (tertiary/aromatic N) is 1. The van der Waals surface area contributed by atoms with E-state index in [0.29, 0.717) is 12.3 Å². The molecule has 2 atom stereocenters. The maximum absolute atomic E-state index is 12.3. The van der Waals surface area contributed by atoms with Crippen LogP contribution in [0.3, 0.4) is 0 Å². The van der Waals surface area contributed by atoms with Crippen molar-refractivity contribution in [1.29, 1.82) is 0 Å². The molecule has 7 heteroatoms. The number of thioether (sulfide) groups is 1. The van der Waals surface area contributed by atoms with Crippen LogP contribution in [0.1, 0.15) is 24.3 Å². The summed E-state index contributed by atoms with van der Waals surface area (Å²) in [7, 11) is 0. The molecule has 1 fully saturated rings. The fourth-order valence-electron chi connectivity index (χ4n) is 2.17. The van der Waals surface area contributed by atoms with Gasteiger partial charge in [-0.05, 0) is 18.4 Å². The zero-order valence-corrected chi connectivity index (χ0v) is 12.9. The van der Waals surface area contributed by atoms with Crippen LogP contribution >= 0.6 is 23.1 Å². The van der Waals surface area contributed by atoms with E-state index in [-0.39, 0.29) is 24.5 Å². The molecular formula is C13H18N2O3S2. The van der Waals surface area contributed by atoms with Crippen LogP contribution < -0.4 is 5.32 Å². The molecule has 2 N–H and O–H groups in total. The standard InChI is InChI=1S/C13H18N2O3S2/c1-9(11-3-2-5-20-11)14-13(18)15-4-6-19-8-10(15)7-12(16)17/h2-3,5,9-10H,4,6-8H2,1H3,(H,14,18)(H,16,17). The molecule has 1 aliphatic heterocycles. The molecule has 110 valence electrons. The summed E-state index contributed by atoms with van der Waals surface area (Å²) < 4.78 is 0. The Hall–Kier alpha value is -1.21. The molecule has 1 aliphatic rings. The number of hydrogen-bond acceptors (Lipinski definition) is 4. The van der Waals surface area contributed by atoms with Crippen molar-refractivity contribution in [1.82, 2.24) is 10.2 Å². The third-order valence-corrected chi connectivity index (χ3v) is 5.36. The first-order chi connectivity index (χ1) is 9.58. The average Bonchev–Trinajstić information content (AvgIpc) is 2.92. The van der Waals surface area contributed by atoms with E-state index in [9.17, 15) is 9.59 Å². The molecule has 0 aromatic carbocycles. The van der Waals surface area contributed by atoms with Gasteiger partial charge in [0.2, 0.25) is 0 Å². The lowest BCUT2D eigenvalue weighted by Gasteiger charge is -2.35. The molecule has 0 aliphatic carbocycles. The fourth-order valence-corrected chi connectivity index (χ4v) is 3.97. The lowest BCUT2D eigenvalue weighted by atomic mass is 10.2. The summed E-state index contributed by atoms with van der Waals surface area (Å²) in [5, 5.41) is 13.9. The minimum absolute atomic E-state index is 0.00774. The van der Waals surface area contributed by atoms with E-state index in [2.05, 4.69) is 5.32 Å².